The van der Waals surface area contributed by atoms with Crippen molar-refractivity contribution in [3.8, 4) is 0 Å². The average Bonchev–Trinajstić information content (AvgIpc) is 2.27. The van der Waals surface area contributed by atoms with Crippen molar-refractivity contribution in [2.45, 2.75) is 70.8 Å². The van der Waals surface area contributed by atoms with Crippen molar-refractivity contribution in [2.24, 2.45) is 0 Å². The Morgan fingerprint density at radius 1 is 1.00 bits per heavy atom. The Labute approximate surface area is 95.9 Å². The van der Waals surface area contributed by atoms with Crippen LogP contribution in [-0.4, -0.2) is 13.2 Å². The third kappa shape index (κ3) is 9.99. The zero-order valence-corrected chi connectivity index (χ0v) is 10.6. The number of rotatable bonds is 11. The number of hydrogen-bond acceptors (Lipinski definition) is 1. The van der Waals surface area contributed by atoms with E-state index < -0.39 is 0 Å². The largest absolute Gasteiger partial charge is 0.377 e. The fourth-order valence-electron chi connectivity index (χ4n) is 1.81. The van der Waals surface area contributed by atoms with Gasteiger partial charge in [-0.05, 0) is 6.42 Å². The van der Waals surface area contributed by atoms with Gasteiger partial charge >= 0.3 is 0 Å². The van der Waals surface area contributed by atoms with Gasteiger partial charge in [0.15, 0.2) is 0 Å². The Hall–Kier alpha value is -0.300. The zero-order chi connectivity index (χ0) is 11.4. The molecule has 0 aliphatic heterocycles. The van der Waals surface area contributed by atoms with E-state index in [1.54, 1.807) is 7.11 Å². The zero-order valence-electron chi connectivity index (χ0n) is 10.6. The molecule has 0 aromatic carbocycles. The molecule has 0 aliphatic rings. The van der Waals surface area contributed by atoms with Gasteiger partial charge in [0.05, 0.1) is 6.10 Å². The fraction of sp³-hybridized carbons (Fsp3) is 0.857. The lowest BCUT2D eigenvalue weighted by molar-refractivity contribution is 0.131. The second-order valence-corrected chi connectivity index (χ2v) is 4.27. The molecule has 90 valence electrons. The maximum atomic E-state index is 5.24. The molecule has 0 spiro atoms. The van der Waals surface area contributed by atoms with Gasteiger partial charge in [-0.2, -0.15) is 0 Å². The molecule has 0 bridgehead atoms. The predicted molar refractivity (Wildman–Crippen MR) is 68.2 cm³/mol. The highest BCUT2D eigenvalue weighted by Gasteiger charge is 2.00. The second kappa shape index (κ2) is 11.8. The van der Waals surface area contributed by atoms with Gasteiger partial charge in [-0.25, -0.2) is 0 Å². The summed E-state index contributed by atoms with van der Waals surface area (Å²) >= 11 is 0. The number of unbranched alkanes of at least 4 members (excludes halogenated alkanes) is 7. The monoisotopic (exact) mass is 212 g/mol. The first-order chi connectivity index (χ1) is 7.35. The van der Waals surface area contributed by atoms with Crippen molar-refractivity contribution in [1.82, 2.24) is 0 Å². The lowest BCUT2D eigenvalue weighted by atomic mass is 10.1. The lowest BCUT2D eigenvalue weighted by Crippen LogP contribution is -2.05. The van der Waals surface area contributed by atoms with Gasteiger partial charge in [0, 0.05) is 7.11 Å². The van der Waals surface area contributed by atoms with Crippen LogP contribution in [0.1, 0.15) is 64.7 Å². The standard InChI is InChI=1S/C14H28O/c1-4-6-7-8-9-10-11-12-13-14(5-2)15-3/h5,14H,2,4,6-13H2,1,3H3. The van der Waals surface area contributed by atoms with Crippen LogP contribution in [0.15, 0.2) is 12.7 Å². The summed E-state index contributed by atoms with van der Waals surface area (Å²) in [5.74, 6) is 0. The molecule has 1 nitrogen and oxygen atoms in total. The van der Waals surface area contributed by atoms with E-state index in [1.165, 1.54) is 51.4 Å². The SMILES string of the molecule is C=CC(CCCCCCCCCC)OC. The van der Waals surface area contributed by atoms with Gasteiger partial charge in [0.1, 0.15) is 0 Å². The first-order valence-corrected chi connectivity index (χ1v) is 6.50. The molecule has 1 unspecified atom stereocenters. The van der Waals surface area contributed by atoms with Crippen LogP contribution in [0.2, 0.25) is 0 Å². The molecule has 0 aromatic heterocycles. The number of ether oxygens (including phenoxy) is 1. The Balaban J connectivity index is 3.07. The van der Waals surface area contributed by atoms with Gasteiger partial charge in [-0.1, -0.05) is 64.4 Å². The highest BCUT2D eigenvalue weighted by atomic mass is 16.5. The van der Waals surface area contributed by atoms with Gasteiger partial charge < -0.3 is 4.74 Å². The molecule has 0 N–H and O–H groups in total. The van der Waals surface area contributed by atoms with Crippen LogP contribution < -0.4 is 0 Å². The smallest absolute Gasteiger partial charge is 0.0749 e. The van der Waals surface area contributed by atoms with E-state index in [9.17, 15) is 0 Å². The highest BCUT2D eigenvalue weighted by Crippen LogP contribution is 2.11. The van der Waals surface area contributed by atoms with E-state index >= 15 is 0 Å². The van der Waals surface area contributed by atoms with Crippen LogP contribution in [0.25, 0.3) is 0 Å². The van der Waals surface area contributed by atoms with Crippen molar-refractivity contribution in [3.05, 3.63) is 12.7 Å². The van der Waals surface area contributed by atoms with Crippen molar-refractivity contribution < 1.29 is 4.74 Å². The molecule has 0 saturated heterocycles. The number of methoxy groups -OCH3 is 1. The normalized spacial score (nSPS) is 12.7. The minimum atomic E-state index is 0.269. The molecular formula is C14H28O. The van der Waals surface area contributed by atoms with Crippen LogP contribution in [0.5, 0.6) is 0 Å². The van der Waals surface area contributed by atoms with E-state index in [2.05, 4.69) is 13.5 Å². The van der Waals surface area contributed by atoms with E-state index in [0.717, 1.165) is 6.42 Å². The van der Waals surface area contributed by atoms with Crippen LogP contribution in [0.3, 0.4) is 0 Å². The molecule has 0 radical (unpaired) electrons. The molecule has 1 atom stereocenters. The van der Waals surface area contributed by atoms with Crippen molar-refractivity contribution >= 4 is 0 Å². The molecule has 0 amide bonds. The Bertz CT molecular complexity index is 131. The third-order valence-electron chi connectivity index (χ3n) is 2.91. The predicted octanol–water partition coefficient (Wildman–Crippen LogP) is 4.72. The lowest BCUT2D eigenvalue weighted by Gasteiger charge is -2.09. The van der Waals surface area contributed by atoms with E-state index in [-0.39, 0.29) is 6.10 Å². The summed E-state index contributed by atoms with van der Waals surface area (Å²) < 4.78 is 5.24. The summed E-state index contributed by atoms with van der Waals surface area (Å²) in [5.41, 5.74) is 0. The van der Waals surface area contributed by atoms with Gasteiger partial charge in [0.25, 0.3) is 0 Å². The van der Waals surface area contributed by atoms with Gasteiger partial charge in [0.2, 0.25) is 0 Å². The molecule has 0 fully saturated rings. The number of hydrogen-bond donors (Lipinski definition) is 0. The Morgan fingerprint density at radius 2 is 1.53 bits per heavy atom. The second-order valence-electron chi connectivity index (χ2n) is 4.27. The Morgan fingerprint density at radius 3 is 2.00 bits per heavy atom. The summed E-state index contributed by atoms with van der Waals surface area (Å²) in [6.45, 7) is 6.02. The molecule has 0 aliphatic carbocycles. The molecule has 1 heteroatoms. The summed E-state index contributed by atoms with van der Waals surface area (Å²) in [5, 5.41) is 0. The average molecular weight is 212 g/mol. The van der Waals surface area contributed by atoms with Gasteiger partial charge in [-0.15, -0.1) is 6.58 Å². The van der Waals surface area contributed by atoms with Crippen LogP contribution in [0, 0.1) is 0 Å². The van der Waals surface area contributed by atoms with E-state index in [1.807, 2.05) is 6.08 Å². The molecular weight excluding hydrogens is 184 g/mol. The first-order valence-electron chi connectivity index (χ1n) is 6.50. The summed E-state index contributed by atoms with van der Waals surface area (Å²) in [6, 6.07) is 0. The minimum absolute atomic E-state index is 0.269. The van der Waals surface area contributed by atoms with Crippen molar-refractivity contribution in [3.63, 3.8) is 0 Å². The van der Waals surface area contributed by atoms with E-state index in [0.29, 0.717) is 0 Å². The molecule has 0 heterocycles. The van der Waals surface area contributed by atoms with Crippen LogP contribution in [-0.2, 0) is 4.74 Å². The molecule has 0 rings (SSSR count). The van der Waals surface area contributed by atoms with Crippen LogP contribution >= 0.6 is 0 Å². The first kappa shape index (κ1) is 14.7. The van der Waals surface area contributed by atoms with Crippen molar-refractivity contribution in [1.29, 1.82) is 0 Å². The quantitative estimate of drug-likeness (QED) is 0.356. The molecule has 0 saturated carbocycles. The van der Waals surface area contributed by atoms with Gasteiger partial charge in [-0.3, -0.25) is 0 Å². The highest BCUT2D eigenvalue weighted by molar-refractivity contribution is 4.78. The van der Waals surface area contributed by atoms with Crippen LogP contribution in [0.4, 0.5) is 0 Å². The maximum absolute atomic E-state index is 5.24. The maximum Gasteiger partial charge on any atom is 0.0749 e. The summed E-state index contributed by atoms with van der Waals surface area (Å²) in [4.78, 5) is 0. The fourth-order valence-corrected chi connectivity index (χ4v) is 1.81. The third-order valence-corrected chi connectivity index (χ3v) is 2.91. The van der Waals surface area contributed by atoms with E-state index in [4.69, 9.17) is 4.74 Å². The Kier molecular flexibility index (Phi) is 11.5. The summed E-state index contributed by atoms with van der Waals surface area (Å²) in [6.07, 6.45) is 14.3. The molecule has 15 heavy (non-hydrogen) atoms. The topological polar surface area (TPSA) is 9.23 Å². The summed E-state index contributed by atoms with van der Waals surface area (Å²) in [7, 11) is 1.76. The minimum Gasteiger partial charge on any atom is -0.377 e. The molecule has 0 aromatic rings. The van der Waals surface area contributed by atoms with Crippen molar-refractivity contribution in [2.75, 3.05) is 7.11 Å².